The molecule has 0 unspecified atom stereocenters. The SMILES string of the molecule is Cc1[nH]ncc1CNS(=O)(=O)Cc1cccc(C(N)=S)c1. The maximum atomic E-state index is 12.1. The maximum absolute atomic E-state index is 12.1. The Hall–Kier alpha value is -1.77. The number of thiocarbonyl (C=S) groups is 1. The highest BCUT2D eigenvalue weighted by atomic mass is 32.2. The first-order valence-electron chi connectivity index (χ1n) is 6.22. The first-order valence-corrected chi connectivity index (χ1v) is 8.28. The molecule has 0 aliphatic heterocycles. The fraction of sp³-hybridized carbons (Fsp3) is 0.231. The normalized spacial score (nSPS) is 11.5. The van der Waals surface area contributed by atoms with Crippen LogP contribution in [0.2, 0.25) is 0 Å². The van der Waals surface area contributed by atoms with Crippen LogP contribution < -0.4 is 10.5 Å². The molecular weight excluding hydrogens is 308 g/mol. The number of nitrogens with one attached hydrogen (secondary N) is 2. The molecule has 8 heteroatoms. The van der Waals surface area contributed by atoms with E-state index >= 15 is 0 Å². The summed E-state index contributed by atoms with van der Waals surface area (Å²) in [6.45, 7) is 2.04. The van der Waals surface area contributed by atoms with Gasteiger partial charge in [-0.3, -0.25) is 5.10 Å². The summed E-state index contributed by atoms with van der Waals surface area (Å²) < 4.78 is 26.7. The van der Waals surface area contributed by atoms with E-state index in [4.69, 9.17) is 18.0 Å². The van der Waals surface area contributed by atoms with Gasteiger partial charge < -0.3 is 5.73 Å². The molecule has 0 amide bonds. The zero-order valence-corrected chi connectivity index (χ0v) is 13.1. The van der Waals surface area contributed by atoms with Gasteiger partial charge >= 0.3 is 0 Å². The van der Waals surface area contributed by atoms with Gasteiger partial charge in [0.15, 0.2) is 0 Å². The molecule has 0 fully saturated rings. The molecule has 2 rings (SSSR count). The molecule has 0 atom stereocenters. The molecule has 6 nitrogen and oxygen atoms in total. The highest BCUT2D eigenvalue weighted by Crippen LogP contribution is 2.10. The Labute approximate surface area is 128 Å². The van der Waals surface area contributed by atoms with E-state index in [0.29, 0.717) is 11.1 Å². The van der Waals surface area contributed by atoms with Gasteiger partial charge in [0.2, 0.25) is 10.0 Å². The summed E-state index contributed by atoms with van der Waals surface area (Å²) in [5, 5.41) is 6.61. The topological polar surface area (TPSA) is 101 Å². The van der Waals surface area contributed by atoms with E-state index in [1.165, 1.54) is 0 Å². The molecule has 0 aliphatic rings. The van der Waals surface area contributed by atoms with Crippen molar-refractivity contribution in [1.29, 1.82) is 0 Å². The summed E-state index contributed by atoms with van der Waals surface area (Å²) in [6, 6.07) is 6.90. The Kier molecular flexibility index (Phi) is 4.71. The summed E-state index contributed by atoms with van der Waals surface area (Å²) in [5.41, 5.74) is 8.49. The van der Waals surface area contributed by atoms with Crippen LogP contribution in [0.5, 0.6) is 0 Å². The van der Waals surface area contributed by atoms with E-state index in [9.17, 15) is 8.42 Å². The third kappa shape index (κ3) is 4.35. The summed E-state index contributed by atoms with van der Waals surface area (Å²) >= 11 is 4.88. The average Bonchev–Trinajstić information content (AvgIpc) is 2.82. The summed E-state index contributed by atoms with van der Waals surface area (Å²) in [4.78, 5) is 0.247. The number of sulfonamides is 1. The van der Waals surface area contributed by atoms with Gasteiger partial charge in [-0.2, -0.15) is 5.10 Å². The van der Waals surface area contributed by atoms with Gasteiger partial charge in [-0.05, 0) is 18.6 Å². The van der Waals surface area contributed by atoms with Crippen LogP contribution in [0.15, 0.2) is 30.5 Å². The van der Waals surface area contributed by atoms with E-state index in [1.807, 2.05) is 6.92 Å². The predicted molar refractivity (Wildman–Crippen MR) is 85.1 cm³/mol. The van der Waals surface area contributed by atoms with Gasteiger partial charge in [0.05, 0.1) is 11.9 Å². The number of hydrogen-bond donors (Lipinski definition) is 3. The third-order valence-electron chi connectivity index (χ3n) is 2.99. The highest BCUT2D eigenvalue weighted by Gasteiger charge is 2.13. The van der Waals surface area contributed by atoms with E-state index in [1.54, 1.807) is 30.5 Å². The van der Waals surface area contributed by atoms with Crippen molar-refractivity contribution in [2.45, 2.75) is 19.2 Å². The van der Waals surface area contributed by atoms with Crippen LogP contribution in [0.1, 0.15) is 22.4 Å². The first kappa shape index (κ1) is 15.6. The summed E-state index contributed by atoms with van der Waals surface area (Å²) in [5.74, 6) is -0.125. The largest absolute Gasteiger partial charge is 0.389 e. The number of aromatic amines is 1. The van der Waals surface area contributed by atoms with E-state index < -0.39 is 10.0 Å². The molecular formula is C13H16N4O2S2. The van der Waals surface area contributed by atoms with Crippen LogP contribution in [0.4, 0.5) is 0 Å². The Bertz CT molecular complexity index is 753. The number of benzene rings is 1. The molecule has 21 heavy (non-hydrogen) atoms. The molecule has 1 heterocycles. The number of rotatable bonds is 6. The van der Waals surface area contributed by atoms with Gasteiger partial charge in [-0.15, -0.1) is 0 Å². The van der Waals surface area contributed by atoms with Gasteiger partial charge in [0.1, 0.15) is 4.99 Å². The summed E-state index contributed by atoms with van der Waals surface area (Å²) in [6.07, 6.45) is 1.60. The fourth-order valence-corrected chi connectivity index (χ4v) is 3.05. The van der Waals surface area contributed by atoms with Crippen LogP contribution in [0, 0.1) is 6.92 Å². The Morgan fingerprint density at radius 3 is 2.86 bits per heavy atom. The van der Waals surface area contributed by atoms with Crippen molar-refractivity contribution in [3.05, 3.63) is 52.8 Å². The van der Waals surface area contributed by atoms with Crippen molar-refractivity contribution >= 4 is 27.2 Å². The zero-order valence-electron chi connectivity index (χ0n) is 11.5. The van der Waals surface area contributed by atoms with E-state index in [2.05, 4.69) is 14.9 Å². The molecule has 0 aliphatic carbocycles. The van der Waals surface area contributed by atoms with Crippen LogP contribution in [-0.2, 0) is 22.3 Å². The number of aromatic nitrogens is 2. The molecule has 4 N–H and O–H groups in total. The molecule has 112 valence electrons. The molecule has 0 spiro atoms. The van der Waals surface area contributed by atoms with Crippen molar-refractivity contribution in [2.75, 3.05) is 0 Å². The van der Waals surface area contributed by atoms with E-state index in [-0.39, 0.29) is 17.3 Å². The average molecular weight is 324 g/mol. The number of nitrogens with zero attached hydrogens (tertiary/aromatic N) is 1. The van der Waals surface area contributed by atoms with E-state index in [0.717, 1.165) is 11.3 Å². The maximum Gasteiger partial charge on any atom is 0.216 e. The van der Waals surface area contributed by atoms with Gasteiger partial charge in [-0.1, -0.05) is 30.4 Å². The minimum Gasteiger partial charge on any atom is -0.389 e. The lowest BCUT2D eigenvalue weighted by atomic mass is 10.1. The lowest BCUT2D eigenvalue weighted by molar-refractivity contribution is 0.580. The predicted octanol–water partition coefficient (Wildman–Crippen LogP) is 0.972. The molecule has 0 saturated heterocycles. The minimum absolute atomic E-state index is 0.125. The molecule has 1 aromatic heterocycles. The van der Waals surface area contributed by atoms with Gasteiger partial charge in [0.25, 0.3) is 0 Å². The molecule has 0 radical (unpaired) electrons. The van der Waals surface area contributed by atoms with Crippen LogP contribution in [0.25, 0.3) is 0 Å². The second-order valence-corrected chi connectivity index (χ2v) is 6.91. The second kappa shape index (κ2) is 6.33. The van der Waals surface area contributed by atoms with Crippen molar-refractivity contribution in [3.63, 3.8) is 0 Å². The molecule has 0 saturated carbocycles. The Balaban J connectivity index is 2.05. The molecule has 2 aromatic rings. The third-order valence-corrected chi connectivity index (χ3v) is 4.52. The minimum atomic E-state index is -3.45. The molecule has 0 bridgehead atoms. The van der Waals surface area contributed by atoms with Gasteiger partial charge in [-0.25, -0.2) is 13.1 Å². The Morgan fingerprint density at radius 2 is 2.24 bits per heavy atom. The van der Waals surface area contributed by atoms with Crippen LogP contribution >= 0.6 is 12.2 Å². The standard InChI is InChI=1S/C13H16N4O2S2/c1-9-12(6-15-17-9)7-16-21(18,19)8-10-3-2-4-11(5-10)13(14)20/h2-6,16H,7-8H2,1H3,(H2,14,20)(H,15,17). The number of hydrogen-bond acceptors (Lipinski definition) is 4. The fourth-order valence-electron chi connectivity index (χ4n) is 1.83. The lowest BCUT2D eigenvalue weighted by Gasteiger charge is -2.07. The quantitative estimate of drug-likeness (QED) is 0.688. The van der Waals surface area contributed by atoms with Crippen molar-refractivity contribution in [3.8, 4) is 0 Å². The van der Waals surface area contributed by atoms with Crippen LogP contribution in [-0.4, -0.2) is 23.6 Å². The van der Waals surface area contributed by atoms with Crippen molar-refractivity contribution in [2.24, 2.45) is 5.73 Å². The van der Waals surface area contributed by atoms with Crippen molar-refractivity contribution < 1.29 is 8.42 Å². The highest BCUT2D eigenvalue weighted by molar-refractivity contribution is 7.88. The monoisotopic (exact) mass is 324 g/mol. The zero-order chi connectivity index (χ0) is 15.5. The van der Waals surface area contributed by atoms with Gasteiger partial charge in [0, 0.05) is 23.4 Å². The lowest BCUT2D eigenvalue weighted by Crippen LogP contribution is -2.25. The smallest absolute Gasteiger partial charge is 0.216 e. The Morgan fingerprint density at radius 1 is 1.48 bits per heavy atom. The second-order valence-electron chi connectivity index (χ2n) is 4.67. The first-order chi connectivity index (χ1) is 9.87. The number of H-pyrrole nitrogens is 1. The number of nitrogens with two attached hydrogens (primary N) is 1. The number of aryl methyl sites for hydroxylation is 1. The van der Waals surface area contributed by atoms with Crippen LogP contribution in [0.3, 0.4) is 0 Å². The summed E-state index contributed by atoms with van der Waals surface area (Å²) in [7, 11) is -3.45. The van der Waals surface area contributed by atoms with Crippen molar-refractivity contribution in [1.82, 2.24) is 14.9 Å². The molecule has 1 aromatic carbocycles.